The molecular weight excluding hydrogens is 364 g/mol. The molecule has 124 valence electrons. The Labute approximate surface area is 151 Å². The number of amides is 1. The highest BCUT2D eigenvalue weighted by atomic mass is 79.9. The van der Waals surface area contributed by atoms with Crippen LogP contribution in [0.5, 0.6) is 0 Å². The van der Waals surface area contributed by atoms with Crippen molar-refractivity contribution in [2.45, 2.75) is 25.3 Å². The number of aryl methyl sites for hydroxylation is 1. The predicted molar refractivity (Wildman–Crippen MR) is 99.9 cm³/mol. The fourth-order valence-electron chi connectivity index (χ4n) is 4.23. The number of likely N-dealkylation sites (N-methyl/N-ethyl adjacent to an activating group) is 1. The summed E-state index contributed by atoms with van der Waals surface area (Å²) in [5.74, 6) is 0.555. The molecule has 1 amide bonds. The van der Waals surface area contributed by atoms with Gasteiger partial charge in [0, 0.05) is 16.6 Å². The Kier molecular flexibility index (Phi) is 3.97. The van der Waals surface area contributed by atoms with Crippen molar-refractivity contribution in [2.24, 2.45) is 0 Å². The lowest BCUT2D eigenvalue weighted by Crippen LogP contribution is -3.11. The number of nitrogens with zero attached hydrogens (tertiary/aromatic N) is 1. The number of benzene rings is 2. The van der Waals surface area contributed by atoms with Crippen LogP contribution in [0.1, 0.15) is 33.8 Å². The van der Waals surface area contributed by atoms with Gasteiger partial charge in [-0.3, -0.25) is 4.79 Å². The Morgan fingerprint density at radius 3 is 2.83 bits per heavy atom. The summed E-state index contributed by atoms with van der Waals surface area (Å²) in [6.45, 7) is 4.35. The van der Waals surface area contributed by atoms with Crippen molar-refractivity contribution in [2.75, 3.05) is 25.0 Å². The van der Waals surface area contributed by atoms with Crippen LogP contribution in [0.4, 0.5) is 5.69 Å². The number of likely N-dealkylation sites (tertiary alicyclic amines) is 1. The van der Waals surface area contributed by atoms with E-state index in [0.29, 0.717) is 5.92 Å². The summed E-state index contributed by atoms with van der Waals surface area (Å²) >= 11 is 3.54. The summed E-state index contributed by atoms with van der Waals surface area (Å²) in [5.41, 5.74) is 4.47. The van der Waals surface area contributed by atoms with Gasteiger partial charge in [0.2, 0.25) is 0 Å². The maximum absolute atomic E-state index is 13.3. The average Bonchev–Trinajstić information content (AvgIpc) is 2.88. The Balaban J connectivity index is 1.81. The summed E-state index contributed by atoms with van der Waals surface area (Å²) in [5, 5.41) is 0. The monoisotopic (exact) mass is 385 g/mol. The van der Waals surface area contributed by atoms with Gasteiger partial charge in [0.05, 0.1) is 37.7 Å². The van der Waals surface area contributed by atoms with Gasteiger partial charge in [0.15, 0.2) is 0 Å². The molecule has 24 heavy (non-hydrogen) atoms. The van der Waals surface area contributed by atoms with Gasteiger partial charge in [-0.1, -0.05) is 29.8 Å². The van der Waals surface area contributed by atoms with Gasteiger partial charge in [-0.25, -0.2) is 0 Å². The smallest absolute Gasteiger partial charge is 0.259 e. The summed E-state index contributed by atoms with van der Waals surface area (Å²) in [4.78, 5) is 17.0. The number of hydrogen-bond acceptors (Lipinski definition) is 1. The quantitative estimate of drug-likeness (QED) is 0.801. The first-order valence-electron chi connectivity index (χ1n) is 8.56. The molecule has 2 aromatic rings. The number of piperidine rings is 1. The van der Waals surface area contributed by atoms with Crippen molar-refractivity contribution in [3.63, 3.8) is 0 Å². The van der Waals surface area contributed by atoms with E-state index in [4.69, 9.17) is 0 Å². The Bertz CT molecular complexity index is 804. The minimum atomic E-state index is 0.111. The average molecular weight is 386 g/mol. The molecule has 0 aliphatic carbocycles. The maximum atomic E-state index is 13.3. The molecule has 1 N–H and O–H groups in total. The van der Waals surface area contributed by atoms with Gasteiger partial charge >= 0.3 is 0 Å². The van der Waals surface area contributed by atoms with Crippen LogP contribution < -0.4 is 9.80 Å². The van der Waals surface area contributed by atoms with Crippen LogP contribution >= 0.6 is 15.9 Å². The summed E-state index contributed by atoms with van der Waals surface area (Å²) in [6, 6.07) is 14.5. The van der Waals surface area contributed by atoms with E-state index < -0.39 is 0 Å². The third kappa shape index (κ3) is 2.49. The minimum Gasteiger partial charge on any atom is -0.337 e. The third-order valence-corrected chi connectivity index (χ3v) is 6.09. The zero-order valence-corrected chi connectivity index (χ0v) is 15.6. The molecule has 0 spiro atoms. The van der Waals surface area contributed by atoms with E-state index in [2.05, 4.69) is 53.0 Å². The highest BCUT2D eigenvalue weighted by Gasteiger charge is 2.45. The van der Waals surface area contributed by atoms with E-state index >= 15 is 0 Å². The van der Waals surface area contributed by atoms with Crippen LogP contribution in [0.3, 0.4) is 0 Å². The number of anilines is 1. The predicted octanol–water partition coefficient (Wildman–Crippen LogP) is 2.79. The van der Waals surface area contributed by atoms with Gasteiger partial charge in [0.1, 0.15) is 0 Å². The number of halogens is 1. The fourth-order valence-corrected chi connectivity index (χ4v) is 4.68. The first-order valence-corrected chi connectivity index (χ1v) is 9.35. The van der Waals surface area contributed by atoms with Crippen LogP contribution in [0.2, 0.25) is 0 Å². The topological polar surface area (TPSA) is 24.8 Å². The third-order valence-electron chi connectivity index (χ3n) is 5.40. The number of fused-ring (bicyclic) bond motifs is 3. The molecule has 0 bridgehead atoms. The molecule has 2 aliphatic rings. The van der Waals surface area contributed by atoms with Crippen molar-refractivity contribution >= 4 is 27.5 Å². The van der Waals surface area contributed by atoms with E-state index in [0.717, 1.165) is 35.2 Å². The van der Waals surface area contributed by atoms with Crippen LogP contribution in [0.15, 0.2) is 46.9 Å². The molecule has 0 radical (unpaired) electrons. The second-order valence-electron chi connectivity index (χ2n) is 7.09. The number of nitrogens with one attached hydrogen (secondary N) is 1. The largest absolute Gasteiger partial charge is 0.337 e. The molecule has 1 saturated heterocycles. The SMILES string of the molecule is Cc1ccc2c(c1)[C@@H]1C[NH+](C)CC[C@@H]1N2C(=O)c1ccccc1Br. The van der Waals surface area contributed by atoms with E-state index in [1.165, 1.54) is 11.1 Å². The van der Waals surface area contributed by atoms with Crippen molar-refractivity contribution in [3.05, 3.63) is 63.6 Å². The molecule has 1 fully saturated rings. The molecule has 4 rings (SSSR count). The molecule has 0 saturated carbocycles. The highest BCUT2D eigenvalue weighted by molar-refractivity contribution is 9.10. The first kappa shape index (κ1) is 15.9. The van der Waals surface area contributed by atoms with Gasteiger partial charge < -0.3 is 9.80 Å². The lowest BCUT2D eigenvalue weighted by Gasteiger charge is -2.34. The Morgan fingerprint density at radius 2 is 2.04 bits per heavy atom. The second-order valence-corrected chi connectivity index (χ2v) is 7.95. The van der Waals surface area contributed by atoms with Gasteiger partial charge in [-0.05, 0) is 46.6 Å². The number of rotatable bonds is 1. The molecule has 2 heterocycles. The highest BCUT2D eigenvalue weighted by Crippen LogP contribution is 2.44. The van der Waals surface area contributed by atoms with Gasteiger partial charge in [-0.15, -0.1) is 0 Å². The molecule has 2 aliphatic heterocycles. The number of carbonyl (C=O) groups is 1. The van der Waals surface area contributed by atoms with E-state index in [-0.39, 0.29) is 11.9 Å². The lowest BCUT2D eigenvalue weighted by molar-refractivity contribution is -0.886. The van der Waals surface area contributed by atoms with Crippen molar-refractivity contribution < 1.29 is 9.69 Å². The second kappa shape index (κ2) is 6.01. The summed E-state index contributed by atoms with van der Waals surface area (Å²) < 4.78 is 0.866. The first-order chi connectivity index (χ1) is 11.6. The summed E-state index contributed by atoms with van der Waals surface area (Å²) in [7, 11) is 2.25. The van der Waals surface area contributed by atoms with Gasteiger partial charge in [0.25, 0.3) is 5.91 Å². The normalized spacial score (nSPS) is 25.3. The van der Waals surface area contributed by atoms with E-state index in [9.17, 15) is 4.79 Å². The van der Waals surface area contributed by atoms with Crippen LogP contribution in [-0.2, 0) is 0 Å². The van der Waals surface area contributed by atoms with Crippen LogP contribution in [0, 0.1) is 6.92 Å². The molecule has 0 aromatic heterocycles. The van der Waals surface area contributed by atoms with Crippen molar-refractivity contribution in [1.29, 1.82) is 0 Å². The Morgan fingerprint density at radius 1 is 1.25 bits per heavy atom. The molecular formula is C20H22BrN2O+. The van der Waals surface area contributed by atoms with Crippen LogP contribution in [-0.4, -0.2) is 32.1 Å². The van der Waals surface area contributed by atoms with Crippen molar-refractivity contribution in [1.82, 2.24) is 0 Å². The maximum Gasteiger partial charge on any atom is 0.259 e. The minimum absolute atomic E-state index is 0.111. The van der Waals surface area contributed by atoms with Gasteiger partial charge in [-0.2, -0.15) is 0 Å². The molecule has 1 unspecified atom stereocenters. The Hall–Kier alpha value is -1.65. The number of hydrogen-bond donors (Lipinski definition) is 1. The lowest BCUT2D eigenvalue weighted by atomic mass is 9.88. The fraction of sp³-hybridized carbons (Fsp3) is 0.350. The molecule has 2 aromatic carbocycles. The standard InChI is InChI=1S/C20H21BrN2O/c1-13-7-8-18-15(11-13)16-12-22(2)10-9-19(16)23(18)20(24)14-5-3-4-6-17(14)21/h3-8,11,16,19H,9-10,12H2,1-2H3/p+1/t16-,19-/m0/s1. The summed E-state index contributed by atoms with van der Waals surface area (Å²) in [6.07, 6.45) is 1.06. The number of carbonyl (C=O) groups excluding carboxylic acids is 1. The molecule has 4 heteroatoms. The van der Waals surface area contributed by atoms with Crippen LogP contribution in [0.25, 0.3) is 0 Å². The molecule has 3 nitrogen and oxygen atoms in total. The zero-order chi connectivity index (χ0) is 16.8. The molecule has 3 atom stereocenters. The van der Waals surface area contributed by atoms with E-state index in [1.54, 1.807) is 4.90 Å². The van der Waals surface area contributed by atoms with E-state index in [1.807, 2.05) is 24.3 Å². The zero-order valence-electron chi connectivity index (χ0n) is 14.1. The van der Waals surface area contributed by atoms with Crippen molar-refractivity contribution in [3.8, 4) is 0 Å². The number of quaternary nitrogens is 1.